The Labute approximate surface area is 112 Å². The van der Waals surface area contributed by atoms with Gasteiger partial charge in [-0.3, -0.25) is 4.79 Å². The largest absolute Gasteiger partial charge is 0.493 e. The van der Waals surface area contributed by atoms with Gasteiger partial charge < -0.3 is 19.5 Å². The van der Waals surface area contributed by atoms with E-state index >= 15 is 0 Å². The Morgan fingerprint density at radius 3 is 2.32 bits per heavy atom. The topological polar surface area (TPSA) is 59.0 Å². The van der Waals surface area contributed by atoms with E-state index in [4.69, 9.17) is 9.47 Å². The first-order valence-corrected chi connectivity index (χ1v) is 6.33. The van der Waals surface area contributed by atoms with Gasteiger partial charge >= 0.3 is 0 Å². The van der Waals surface area contributed by atoms with Crippen molar-refractivity contribution in [1.82, 2.24) is 0 Å². The molecule has 1 aliphatic heterocycles. The molecular formula is C14H19NO4. The molecule has 0 amide bonds. The molecule has 1 heterocycles. The Balaban J connectivity index is 2.35. The number of nitrogens with zero attached hydrogens (tertiary/aromatic N) is 1. The van der Waals surface area contributed by atoms with Gasteiger partial charge in [-0.05, 0) is 18.9 Å². The second-order valence-corrected chi connectivity index (χ2v) is 4.60. The Morgan fingerprint density at radius 1 is 1.21 bits per heavy atom. The van der Waals surface area contributed by atoms with E-state index in [-0.39, 0.29) is 6.10 Å². The van der Waals surface area contributed by atoms with Crippen LogP contribution < -0.4 is 14.4 Å². The monoisotopic (exact) mass is 265 g/mol. The quantitative estimate of drug-likeness (QED) is 0.836. The number of anilines is 1. The Bertz CT molecular complexity index is 453. The lowest BCUT2D eigenvalue weighted by atomic mass is 10.0. The number of methoxy groups -OCH3 is 2. The van der Waals surface area contributed by atoms with Gasteiger partial charge in [0.25, 0.3) is 0 Å². The fourth-order valence-corrected chi connectivity index (χ4v) is 2.36. The van der Waals surface area contributed by atoms with Crippen LogP contribution in [0.5, 0.6) is 11.5 Å². The number of rotatable bonds is 4. The maximum Gasteiger partial charge on any atom is 0.162 e. The summed E-state index contributed by atoms with van der Waals surface area (Å²) in [5, 5.41) is 9.54. The van der Waals surface area contributed by atoms with E-state index < -0.39 is 0 Å². The molecule has 19 heavy (non-hydrogen) atoms. The molecule has 1 fully saturated rings. The fraction of sp³-hybridized carbons (Fsp3) is 0.500. The maximum atomic E-state index is 11.2. The second kappa shape index (κ2) is 5.93. The first-order chi connectivity index (χ1) is 9.19. The van der Waals surface area contributed by atoms with E-state index in [0.717, 1.165) is 25.1 Å². The van der Waals surface area contributed by atoms with E-state index in [0.29, 0.717) is 29.9 Å². The number of aliphatic hydroxyl groups is 1. The highest BCUT2D eigenvalue weighted by Crippen LogP contribution is 2.35. The van der Waals surface area contributed by atoms with Crippen LogP contribution in [-0.4, -0.2) is 44.8 Å². The van der Waals surface area contributed by atoms with E-state index in [2.05, 4.69) is 4.90 Å². The van der Waals surface area contributed by atoms with Crippen LogP contribution in [0, 0.1) is 0 Å². The van der Waals surface area contributed by atoms with Crippen molar-refractivity contribution in [1.29, 1.82) is 0 Å². The van der Waals surface area contributed by atoms with E-state index in [1.54, 1.807) is 20.3 Å². The first kappa shape index (κ1) is 13.7. The number of aldehydes is 1. The number of carbonyl (C=O) groups excluding carboxylic acids is 1. The van der Waals surface area contributed by atoms with Crippen molar-refractivity contribution in [2.75, 3.05) is 32.2 Å². The molecule has 104 valence electrons. The molecule has 1 aliphatic rings. The number of benzene rings is 1. The summed E-state index contributed by atoms with van der Waals surface area (Å²) in [6.45, 7) is 1.47. The average molecular weight is 265 g/mol. The Morgan fingerprint density at radius 2 is 1.79 bits per heavy atom. The third kappa shape index (κ3) is 2.81. The Hall–Kier alpha value is -1.75. The van der Waals surface area contributed by atoms with Crippen molar-refractivity contribution in [2.24, 2.45) is 0 Å². The number of ether oxygens (including phenoxy) is 2. The third-order valence-corrected chi connectivity index (χ3v) is 3.46. The zero-order valence-corrected chi connectivity index (χ0v) is 11.3. The van der Waals surface area contributed by atoms with E-state index in [1.807, 2.05) is 6.07 Å². The number of carbonyl (C=O) groups is 1. The van der Waals surface area contributed by atoms with Gasteiger partial charge in [-0.15, -0.1) is 0 Å². The second-order valence-electron chi connectivity index (χ2n) is 4.60. The lowest BCUT2D eigenvalue weighted by Gasteiger charge is -2.32. The minimum atomic E-state index is -0.240. The van der Waals surface area contributed by atoms with Crippen LogP contribution in [0.15, 0.2) is 12.1 Å². The normalized spacial score (nSPS) is 16.3. The predicted octanol–water partition coefficient (Wildman–Crippen LogP) is 1.48. The van der Waals surface area contributed by atoms with Gasteiger partial charge in [0, 0.05) is 24.7 Å². The molecule has 5 heteroatoms. The highest BCUT2D eigenvalue weighted by atomic mass is 16.5. The summed E-state index contributed by atoms with van der Waals surface area (Å²) in [6.07, 6.45) is 2.01. The zero-order chi connectivity index (χ0) is 13.8. The van der Waals surface area contributed by atoms with Crippen LogP contribution in [0.2, 0.25) is 0 Å². The van der Waals surface area contributed by atoms with Crippen LogP contribution in [0.1, 0.15) is 23.2 Å². The van der Waals surface area contributed by atoms with Crippen molar-refractivity contribution in [3.05, 3.63) is 17.7 Å². The molecule has 1 saturated heterocycles. The third-order valence-electron chi connectivity index (χ3n) is 3.46. The molecule has 5 nitrogen and oxygen atoms in total. The van der Waals surface area contributed by atoms with Gasteiger partial charge in [0.05, 0.1) is 26.0 Å². The van der Waals surface area contributed by atoms with Crippen LogP contribution in [0.4, 0.5) is 5.69 Å². The summed E-state index contributed by atoms with van der Waals surface area (Å²) < 4.78 is 10.5. The van der Waals surface area contributed by atoms with Gasteiger partial charge in [0.1, 0.15) is 0 Å². The first-order valence-electron chi connectivity index (χ1n) is 6.33. The van der Waals surface area contributed by atoms with Gasteiger partial charge in [-0.2, -0.15) is 0 Å². The van der Waals surface area contributed by atoms with Crippen LogP contribution in [0.25, 0.3) is 0 Å². The van der Waals surface area contributed by atoms with Crippen LogP contribution in [-0.2, 0) is 0 Å². The molecule has 0 bridgehead atoms. The smallest absolute Gasteiger partial charge is 0.162 e. The minimum Gasteiger partial charge on any atom is -0.493 e. The van der Waals surface area contributed by atoms with Crippen molar-refractivity contribution < 1.29 is 19.4 Å². The van der Waals surface area contributed by atoms with E-state index in [9.17, 15) is 9.90 Å². The molecule has 2 rings (SSSR count). The van der Waals surface area contributed by atoms with Crippen molar-refractivity contribution in [2.45, 2.75) is 18.9 Å². The predicted molar refractivity (Wildman–Crippen MR) is 72.4 cm³/mol. The summed E-state index contributed by atoms with van der Waals surface area (Å²) in [4.78, 5) is 13.3. The summed E-state index contributed by atoms with van der Waals surface area (Å²) in [5.74, 6) is 1.15. The fourth-order valence-electron chi connectivity index (χ4n) is 2.36. The average Bonchev–Trinajstić information content (AvgIpc) is 2.46. The Kier molecular flexibility index (Phi) is 4.27. The number of piperidine rings is 1. The minimum absolute atomic E-state index is 0.240. The summed E-state index contributed by atoms with van der Waals surface area (Å²) >= 11 is 0. The molecule has 0 atom stereocenters. The van der Waals surface area contributed by atoms with E-state index in [1.165, 1.54) is 0 Å². The highest BCUT2D eigenvalue weighted by Gasteiger charge is 2.21. The summed E-state index contributed by atoms with van der Waals surface area (Å²) in [7, 11) is 3.12. The molecule has 0 aromatic heterocycles. The molecule has 1 aromatic rings. The van der Waals surface area contributed by atoms with Crippen LogP contribution >= 0.6 is 0 Å². The standard InChI is InChI=1S/C14H19NO4/c1-18-13-7-10(9-16)12(8-14(13)19-2)15-5-3-11(17)4-6-15/h7-9,11,17H,3-6H2,1-2H3. The molecule has 0 aliphatic carbocycles. The molecule has 0 radical (unpaired) electrons. The molecule has 0 spiro atoms. The number of aliphatic hydroxyl groups excluding tert-OH is 1. The molecule has 0 saturated carbocycles. The SMILES string of the molecule is COc1cc(C=O)c(N2CCC(O)CC2)cc1OC. The lowest BCUT2D eigenvalue weighted by molar-refractivity contribution is 0.112. The number of hydrogen-bond donors (Lipinski definition) is 1. The molecule has 1 N–H and O–H groups in total. The van der Waals surface area contributed by atoms with Gasteiger partial charge in [-0.1, -0.05) is 0 Å². The molecule has 0 unspecified atom stereocenters. The maximum absolute atomic E-state index is 11.2. The lowest BCUT2D eigenvalue weighted by Crippen LogP contribution is -2.36. The van der Waals surface area contributed by atoms with Crippen molar-refractivity contribution in [3.63, 3.8) is 0 Å². The molecular weight excluding hydrogens is 246 g/mol. The van der Waals surface area contributed by atoms with Crippen LogP contribution in [0.3, 0.4) is 0 Å². The molecule has 1 aromatic carbocycles. The van der Waals surface area contributed by atoms with Crippen molar-refractivity contribution in [3.8, 4) is 11.5 Å². The van der Waals surface area contributed by atoms with Crippen molar-refractivity contribution >= 4 is 12.0 Å². The van der Waals surface area contributed by atoms with Gasteiger partial charge in [0.15, 0.2) is 17.8 Å². The summed E-state index contributed by atoms with van der Waals surface area (Å²) in [6, 6.07) is 3.51. The number of hydrogen-bond acceptors (Lipinski definition) is 5. The highest BCUT2D eigenvalue weighted by molar-refractivity contribution is 5.86. The zero-order valence-electron chi connectivity index (χ0n) is 11.3. The van der Waals surface area contributed by atoms with Gasteiger partial charge in [0.2, 0.25) is 0 Å². The summed E-state index contributed by atoms with van der Waals surface area (Å²) in [5.41, 5.74) is 1.41. The van der Waals surface area contributed by atoms with Gasteiger partial charge in [-0.25, -0.2) is 0 Å².